The zero-order chi connectivity index (χ0) is 27.9. The van der Waals surface area contributed by atoms with Gasteiger partial charge in [0.2, 0.25) is 21.8 Å². The Morgan fingerprint density at radius 3 is 2.22 bits per heavy atom. The number of hydrogen-bond acceptors (Lipinski definition) is 4. The van der Waals surface area contributed by atoms with Crippen LogP contribution in [0.5, 0.6) is 0 Å². The topological polar surface area (TPSA) is 86.8 Å². The Kier molecular flexibility index (Phi) is 11.3. The van der Waals surface area contributed by atoms with Crippen molar-refractivity contribution in [2.75, 3.05) is 17.1 Å². The summed E-state index contributed by atoms with van der Waals surface area (Å²) in [5.74, 6) is -0.482. The molecule has 0 aliphatic carbocycles. The van der Waals surface area contributed by atoms with Crippen molar-refractivity contribution in [1.82, 2.24) is 10.2 Å². The number of carbonyl (C=O) groups is 2. The van der Waals surface area contributed by atoms with E-state index < -0.39 is 16.1 Å². The van der Waals surface area contributed by atoms with Crippen molar-refractivity contribution in [1.29, 1.82) is 0 Å². The van der Waals surface area contributed by atoms with Crippen LogP contribution in [0.4, 0.5) is 5.69 Å². The first kappa shape index (κ1) is 30.9. The summed E-state index contributed by atoms with van der Waals surface area (Å²) >= 11 is 12.2. The Morgan fingerprint density at radius 2 is 1.68 bits per heavy atom. The van der Waals surface area contributed by atoms with Gasteiger partial charge in [-0.2, -0.15) is 0 Å². The second kappa shape index (κ2) is 13.5. The number of aryl methyl sites for hydroxylation is 2. The van der Waals surface area contributed by atoms with E-state index in [1.54, 1.807) is 24.3 Å². The molecule has 1 N–H and O–H groups in total. The number of carbonyl (C=O) groups excluding carboxylic acids is 2. The molecule has 2 aromatic rings. The van der Waals surface area contributed by atoms with Crippen LogP contribution in [0, 0.1) is 13.8 Å². The van der Waals surface area contributed by atoms with E-state index in [1.807, 2.05) is 46.8 Å². The van der Waals surface area contributed by atoms with Crippen molar-refractivity contribution in [2.45, 2.75) is 72.5 Å². The van der Waals surface area contributed by atoms with E-state index in [9.17, 15) is 18.0 Å². The third kappa shape index (κ3) is 8.90. The minimum absolute atomic E-state index is 0.0731. The SMILES string of the molecule is CCC(C(=O)NC(C)C)N(Cc1ccc(Cl)c(Cl)c1)C(=O)CCCN(c1ccc(C)c(C)c1)S(C)(=O)=O. The molecule has 0 saturated carbocycles. The van der Waals surface area contributed by atoms with E-state index in [-0.39, 0.29) is 37.4 Å². The zero-order valence-corrected chi connectivity index (χ0v) is 24.7. The van der Waals surface area contributed by atoms with Gasteiger partial charge in [-0.25, -0.2) is 8.42 Å². The molecule has 0 saturated heterocycles. The van der Waals surface area contributed by atoms with Crippen molar-refractivity contribution < 1.29 is 18.0 Å². The number of rotatable bonds is 12. The largest absolute Gasteiger partial charge is 0.352 e. The molecule has 2 amide bonds. The fraction of sp³-hybridized carbons (Fsp3) is 0.481. The predicted molar refractivity (Wildman–Crippen MR) is 152 cm³/mol. The number of halogens is 2. The Balaban J connectivity index is 2.26. The lowest BCUT2D eigenvalue weighted by Gasteiger charge is -2.31. The van der Waals surface area contributed by atoms with Gasteiger partial charge in [0.15, 0.2) is 0 Å². The van der Waals surface area contributed by atoms with Crippen LogP contribution in [0.25, 0.3) is 0 Å². The van der Waals surface area contributed by atoms with Gasteiger partial charge in [0.1, 0.15) is 6.04 Å². The maximum absolute atomic E-state index is 13.5. The van der Waals surface area contributed by atoms with E-state index in [4.69, 9.17) is 23.2 Å². The molecule has 0 aliphatic heterocycles. The summed E-state index contributed by atoms with van der Waals surface area (Å²) in [5, 5.41) is 3.66. The number of nitrogens with zero attached hydrogens (tertiary/aromatic N) is 2. The normalized spacial score (nSPS) is 12.4. The minimum Gasteiger partial charge on any atom is -0.352 e. The van der Waals surface area contributed by atoms with Crippen LogP contribution in [0.1, 0.15) is 56.7 Å². The molecule has 37 heavy (non-hydrogen) atoms. The summed E-state index contributed by atoms with van der Waals surface area (Å²) in [7, 11) is -3.55. The highest BCUT2D eigenvalue weighted by Gasteiger charge is 2.29. The summed E-state index contributed by atoms with van der Waals surface area (Å²) in [4.78, 5) is 28.0. The van der Waals surface area contributed by atoms with Gasteiger partial charge in [-0.15, -0.1) is 0 Å². The van der Waals surface area contributed by atoms with Gasteiger partial charge in [-0.05, 0) is 81.5 Å². The monoisotopic (exact) mass is 569 g/mol. The predicted octanol–water partition coefficient (Wildman–Crippen LogP) is 5.49. The average Bonchev–Trinajstić information content (AvgIpc) is 2.79. The second-order valence-electron chi connectivity index (χ2n) is 9.56. The molecule has 10 heteroatoms. The van der Waals surface area contributed by atoms with Gasteiger partial charge in [0.25, 0.3) is 0 Å². The average molecular weight is 571 g/mol. The van der Waals surface area contributed by atoms with Crippen LogP contribution >= 0.6 is 23.2 Å². The molecule has 0 heterocycles. The van der Waals surface area contributed by atoms with Gasteiger partial charge in [0.05, 0.1) is 22.0 Å². The minimum atomic E-state index is -3.55. The molecular weight excluding hydrogens is 533 g/mol. The van der Waals surface area contributed by atoms with E-state index in [1.165, 1.54) is 9.21 Å². The number of amides is 2. The number of hydrogen-bond donors (Lipinski definition) is 1. The van der Waals surface area contributed by atoms with E-state index in [0.717, 1.165) is 22.9 Å². The van der Waals surface area contributed by atoms with E-state index >= 15 is 0 Å². The third-order valence-corrected chi connectivity index (χ3v) is 8.02. The maximum atomic E-state index is 13.5. The van der Waals surface area contributed by atoms with Crippen LogP contribution in [-0.2, 0) is 26.2 Å². The zero-order valence-electron chi connectivity index (χ0n) is 22.3. The smallest absolute Gasteiger partial charge is 0.243 e. The molecule has 0 aromatic heterocycles. The van der Waals surface area contributed by atoms with Crippen molar-refractivity contribution in [3.8, 4) is 0 Å². The summed E-state index contributed by atoms with van der Waals surface area (Å²) in [5.41, 5.74) is 3.35. The fourth-order valence-corrected chi connectivity index (χ4v) is 5.30. The van der Waals surface area contributed by atoms with Gasteiger partial charge in [-0.1, -0.05) is 42.3 Å². The van der Waals surface area contributed by atoms with E-state index in [2.05, 4.69) is 5.32 Å². The first-order valence-corrected chi connectivity index (χ1v) is 14.9. The molecule has 0 spiro atoms. The maximum Gasteiger partial charge on any atom is 0.243 e. The molecule has 2 rings (SSSR count). The van der Waals surface area contributed by atoms with Gasteiger partial charge in [-0.3, -0.25) is 13.9 Å². The molecule has 0 fully saturated rings. The first-order chi connectivity index (χ1) is 17.2. The van der Waals surface area contributed by atoms with Crippen molar-refractivity contribution >= 4 is 50.7 Å². The van der Waals surface area contributed by atoms with Crippen molar-refractivity contribution in [2.24, 2.45) is 0 Å². The summed E-state index contributed by atoms with van der Waals surface area (Å²) in [6.45, 7) is 9.78. The van der Waals surface area contributed by atoms with Crippen LogP contribution in [0.3, 0.4) is 0 Å². The first-order valence-electron chi connectivity index (χ1n) is 12.3. The molecule has 0 radical (unpaired) electrons. The lowest BCUT2D eigenvalue weighted by Crippen LogP contribution is -2.50. The second-order valence-corrected chi connectivity index (χ2v) is 12.3. The Labute approximate surface area is 231 Å². The molecule has 7 nitrogen and oxygen atoms in total. The van der Waals surface area contributed by atoms with Crippen molar-refractivity contribution in [3.63, 3.8) is 0 Å². The van der Waals surface area contributed by atoms with Crippen molar-refractivity contribution in [3.05, 3.63) is 63.1 Å². The molecular formula is C27H37Cl2N3O4S. The van der Waals surface area contributed by atoms with Gasteiger partial charge < -0.3 is 10.2 Å². The highest BCUT2D eigenvalue weighted by Crippen LogP contribution is 2.25. The van der Waals surface area contributed by atoms with Crippen LogP contribution in [0.2, 0.25) is 10.0 Å². The number of sulfonamides is 1. The van der Waals surface area contributed by atoms with Gasteiger partial charge >= 0.3 is 0 Å². The molecule has 204 valence electrons. The standard InChI is InChI=1S/C27H37Cl2N3O4S/c1-7-25(27(34)30-18(2)3)31(17-21-11-13-23(28)24(29)16-21)26(33)9-8-14-32(37(6,35)36)22-12-10-19(4)20(5)15-22/h10-13,15-16,18,25H,7-9,14,17H2,1-6H3,(H,30,34). The number of benzene rings is 2. The Morgan fingerprint density at radius 1 is 1.00 bits per heavy atom. The molecule has 0 bridgehead atoms. The third-order valence-electron chi connectivity index (χ3n) is 6.08. The summed E-state index contributed by atoms with van der Waals surface area (Å²) in [6.07, 6.45) is 1.94. The van der Waals surface area contributed by atoms with E-state index in [0.29, 0.717) is 28.6 Å². The van der Waals surface area contributed by atoms with Crippen LogP contribution in [0.15, 0.2) is 36.4 Å². The quantitative estimate of drug-likeness (QED) is 0.366. The molecule has 2 aromatic carbocycles. The summed E-state index contributed by atoms with van der Waals surface area (Å²) < 4.78 is 26.4. The number of nitrogens with one attached hydrogen (secondary N) is 1. The highest BCUT2D eigenvalue weighted by atomic mass is 35.5. The molecule has 1 unspecified atom stereocenters. The van der Waals surface area contributed by atoms with Gasteiger partial charge in [0, 0.05) is 25.6 Å². The highest BCUT2D eigenvalue weighted by molar-refractivity contribution is 7.92. The van der Waals surface area contributed by atoms with Crippen LogP contribution < -0.4 is 9.62 Å². The van der Waals surface area contributed by atoms with Crippen LogP contribution in [-0.4, -0.2) is 50.0 Å². The Hall–Kier alpha value is -2.29. The molecule has 1 atom stereocenters. The lowest BCUT2D eigenvalue weighted by atomic mass is 10.1. The Bertz CT molecular complexity index is 1220. The summed E-state index contributed by atoms with van der Waals surface area (Å²) in [6, 6.07) is 9.83. The number of anilines is 1. The molecule has 0 aliphatic rings. The lowest BCUT2D eigenvalue weighted by molar-refractivity contribution is -0.141. The fourth-order valence-electron chi connectivity index (χ4n) is 4.02.